The molecule has 1 aliphatic heterocycles. The van der Waals surface area contributed by atoms with Gasteiger partial charge in [-0.2, -0.15) is 0 Å². The molecule has 1 saturated heterocycles. The highest BCUT2D eigenvalue weighted by Gasteiger charge is 2.24. The molecule has 2 rings (SSSR count). The van der Waals surface area contributed by atoms with Gasteiger partial charge in [-0.05, 0) is 30.5 Å². The van der Waals surface area contributed by atoms with E-state index in [0.29, 0.717) is 25.1 Å². The lowest BCUT2D eigenvalue weighted by molar-refractivity contribution is -0.133. The number of rotatable bonds is 5. The molecule has 21 heavy (non-hydrogen) atoms. The van der Waals surface area contributed by atoms with Crippen molar-refractivity contribution in [2.45, 2.75) is 25.2 Å². The molecule has 1 aliphatic rings. The van der Waals surface area contributed by atoms with Crippen LogP contribution in [0.4, 0.5) is 0 Å². The first-order valence-electron chi connectivity index (χ1n) is 7.21. The standard InChI is InChI=1S/C16H21NO4/c1-21-10-8-15(18)17-9-2-3-14(11-17)12-4-6-13(7-5-12)16(19)20/h4-7,14H,2-3,8-11H2,1H3,(H,19,20)/t14-/m1/s1. The van der Waals surface area contributed by atoms with Crippen LogP contribution in [0, 0.1) is 0 Å². The molecule has 1 N–H and O–H groups in total. The molecule has 5 nitrogen and oxygen atoms in total. The predicted octanol–water partition coefficient (Wildman–Crippen LogP) is 2.13. The summed E-state index contributed by atoms with van der Waals surface area (Å²) in [5, 5.41) is 8.92. The van der Waals surface area contributed by atoms with Crippen molar-refractivity contribution in [2.24, 2.45) is 0 Å². The van der Waals surface area contributed by atoms with Crippen LogP contribution in [0.25, 0.3) is 0 Å². The molecule has 1 heterocycles. The van der Waals surface area contributed by atoms with Crippen molar-refractivity contribution in [3.63, 3.8) is 0 Å². The zero-order chi connectivity index (χ0) is 15.2. The maximum Gasteiger partial charge on any atom is 0.335 e. The molecule has 0 spiro atoms. The van der Waals surface area contributed by atoms with Crippen LogP contribution >= 0.6 is 0 Å². The largest absolute Gasteiger partial charge is 0.478 e. The van der Waals surface area contributed by atoms with Gasteiger partial charge < -0.3 is 14.7 Å². The molecule has 1 aromatic carbocycles. The van der Waals surface area contributed by atoms with Crippen LogP contribution in [-0.2, 0) is 9.53 Å². The number of piperidine rings is 1. The summed E-state index contributed by atoms with van der Waals surface area (Å²) in [6, 6.07) is 6.97. The minimum Gasteiger partial charge on any atom is -0.478 e. The average Bonchev–Trinajstić information content (AvgIpc) is 2.52. The monoisotopic (exact) mass is 291 g/mol. The van der Waals surface area contributed by atoms with E-state index in [-0.39, 0.29) is 11.8 Å². The number of carbonyl (C=O) groups is 2. The fourth-order valence-corrected chi connectivity index (χ4v) is 2.72. The minimum atomic E-state index is -0.915. The van der Waals surface area contributed by atoms with Crippen molar-refractivity contribution in [3.05, 3.63) is 35.4 Å². The van der Waals surface area contributed by atoms with Crippen molar-refractivity contribution < 1.29 is 19.4 Å². The van der Waals surface area contributed by atoms with Crippen molar-refractivity contribution >= 4 is 11.9 Å². The van der Waals surface area contributed by atoms with Gasteiger partial charge >= 0.3 is 5.97 Å². The van der Waals surface area contributed by atoms with E-state index in [2.05, 4.69) is 0 Å². The summed E-state index contributed by atoms with van der Waals surface area (Å²) >= 11 is 0. The Morgan fingerprint density at radius 1 is 1.33 bits per heavy atom. The van der Waals surface area contributed by atoms with Crippen LogP contribution in [0.1, 0.15) is 41.1 Å². The molecule has 5 heteroatoms. The van der Waals surface area contributed by atoms with E-state index in [9.17, 15) is 9.59 Å². The number of ether oxygens (including phenoxy) is 1. The average molecular weight is 291 g/mol. The number of methoxy groups -OCH3 is 1. The number of benzene rings is 1. The van der Waals surface area contributed by atoms with Crippen molar-refractivity contribution in [1.29, 1.82) is 0 Å². The van der Waals surface area contributed by atoms with Crippen LogP contribution in [-0.4, -0.2) is 48.7 Å². The second kappa shape index (κ2) is 7.22. The molecule has 1 atom stereocenters. The first-order valence-corrected chi connectivity index (χ1v) is 7.21. The van der Waals surface area contributed by atoms with E-state index in [1.54, 1.807) is 19.2 Å². The maximum absolute atomic E-state index is 12.0. The summed E-state index contributed by atoms with van der Waals surface area (Å²) < 4.78 is 4.95. The third-order valence-corrected chi connectivity index (χ3v) is 3.92. The number of likely N-dealkylation sites (tertiary alicyclic amines) is 1. The predicted molar refractivity (Wildman–Crippen MR) is 78.4 cm³/mol. The molecule has 0 bridgehead atoms. The first-order chi connectivity index (χ1) is 10.1. The number of aromatic carboxylic acids is 1. The summed E-state index contributed by atoms with van der Waals surface area (Å²) in [5.41, 5.74) is 1.40. The Labute approximate surface area is 124 Å². The first kappa shape index (κ1) is 15.5. The highest BCUT2D eigenvalue weighted by Crippen LogP contribution is 2.27. The summed E-state index contributed by atoms with van der Waals surface area (Å²) in [4.78, 5) is 24.8. The van der Waals surface area contributed by atoms with Crippen LogP contribution in [0.15, 0.2) is 24.3 Å². The van der Waals surface area contributed by atoms with Gasteiger partial charge in [0.05, 0.1) is 18.6 Å². The molecule has 0 unspecified atom stereocenters. The fourth-order valence-electron chi connectivity index (χ4n) is 2.72. The van der Waals surface area contributed by atoms with E-state index in [4.69, 9.17) is 9.84 Å². The molecule has 114 valence electrons. The molecule has 1 amide bonds. The fraction of sp³-hybridized carbons (Fsp3) is 0.500. The highest BCUT2D eigenvalue weighted by atomic mass is 16.5. The number of hydrogen-bond acceptors (Lipinski definition) is 3. The molecule has 1 fully saturated rings. The minimum absolute atomic E-state index is 0.128. The molecular weight excluding hydrogens is 270 g/mol. The second-order valence-electron chi connectivity index (χ2n) is 5.35. The Morgan fingerprint density at radius 3 is 2.67 bits per heavy atom. The Kier molecular flexibility index (Phi) is 5.33. The van der Waals surface area contributed by atoms with Crippen LogP contribution < -0.4 is 0 Å². The van der Waals surface area contributed by atoms with E-state index in [1.165, 1.54) is 0 Å². The van der Waals surface area contributed by atoms with Crippen molar-refractivity contribution in [2.75, 3.05) is 26.8 Å². The smallest absolute Gasteiger partial charge is 0.335 e. The van der Waals surface area contributed by atoms with E-state index in [1.807, 2.05) is 17.0 Å². The molecule has 0 aliphatic carbocycles. The SMILES string of the molecule is COCCC(=O)N1CCC[C@@H](c2ccc(C(=O)O)cc2)C1. The van der Waals surface area contributed by atoms with Gasteiger partial charge in [0.25, 0.3) is 0 Å². The van der Waals surface area contributed by atoms with Gasteiger partial charge in [0.2, 0.25) is 5.91 Å². The van der Waals surface area contributed by atoms with E-state index in [0.717, 1.165) is 24.9 Å². The van der Waals surface area contributed by atoms with Gasteiger partial charge in [0.15, 0.2) is 0 Å². The number of nitrogens with zero attached hydrogens (tertiary/aromatic N) is 1. The van der Waals surface area contributed by atoms with Crippen molar-refractivity contribution in [1.82, 2.24) is 4.90 Å². The van der Waals surface area contributed by atoms with E-state index < -0.39 is 5.97 Å². The number of amides is 1. The Balaban J connectivity index is 2.00. The molecular formula is C16H21NO4. The van der Waals surface area contributed by atoms with Gasteiger partial charge in [-0.15, -0.1) is 0 Å². The number of carbonyl (C=O) groups excluding carboxylic acids is 1. The lowest BCUT2D eigenvalue weighted by Gasteiger charge is -2.33. The number of hydrogen-bond donors (Lipinski definition) is 1. The molecule has 1 aromatic rings. The zero-order valence-corrected chi connectivity index (χ0v) is 12.2. The van der Waals surface area contributed by atoms with Crippen molar-refractivity contribution in [3.8, 4) is 0 Å². The highest BCUT2D eigenvalue weighted by molar-refractivity contribution is 5.87. The zero-order valence-electron chi connectivity index (χ0n) is 12.2. The summed E-state index contributed by atoms with van der Waals surface area (Å²) in [5.74, 6) is -0.502. The number of carboxylic acids is 1. The summed E-state index contributed by atoms with van der Waals surface area (Å²) in [6.45, 7) is 1.95. The molecule has 0 radical (unpaired) electrons. The van der Waals surface area contributed by atoms with Gasteiger partial charge in [-0.1, -0.05) is 12.1 Å². The van der Waals surface area contributed by atoms with Gasteiger partial charge in [0.1, 0.15) is 0 Å². The third kappa shape index (κ3) is 4.04. The Hall–Kier alpha value is -1.88. The normalized spacial score (nSPS) is 18.5. The Bertz CT molecular complexity index is 498. The Morgan fingerprint density at radius 2 is 2.05 bits per heavy atom. The van der Waals surface area contributed by atoms with Gasteiger partial charge in [-0.3, -0.25) is 4.79 Å². The van der Waals surface area contributed by atoms with Crippen LogP contribution in [0.5, 0.6) is 0 Å². The van der Waals surface area contributed by atoms with Crippen LogP contribution in [0.2, 0.25) is 0 Å². The summed E-state index contributed by atoms with van der Waals surface area (Å²) in [7, 11) is 1.59. The second-order valence-corrected chi connectivity index (χ2v) is 5.35. The molecule has 0 aromatic heterocycles. The lowest BCUT2D eigenvalue weighted by Crippen LogP contribution is -2.39. The summed E-state index contributed by atoms with van der Waals surface area (Å²) in [6.07, 6.45) is 2.42. The quantitative estimate of drug-likeness (QED) is 0.902. The van der Waals surface area contributed by atoms with E-state index >= 15 is 0 Å². The lowest BCUT2D eigenvalue weighted by atomic mass is 9.90. The number of carboxylic acid groups (broad SMARTS) is 1. The topological polar surface area (TPSA) is 66.8 Å². The molecule has 0 saturated carbocycles. The van der Waals surface area contributed by atoms with Crippen LogP contribution in [0.3, 0.4) is 0 Å². The van der Waals surface area contributed by atoms with Gasteiger partial charge in [-0.25, -0.2) is 4.79 Å². The maximum atomic E-state index is 12.0. The third-order valence-electron chi connectivity index (χ3n) is 3.92. The van der Waals surface area contributed by atoms with Gasteiger partial charge in [0, 0.05) is 26.1 Å².